The average Bonchev–Trinajstić information content (AvgIpc) is 3.02. The van der Waals surface area contributed by atoms with Crippen LogP contribution in [0.25, 0.3) is 0 Å². The highest BCUT2D eigenvalue weighted by Gasteiger charge is 2.52. The maximum absolute atomic E-state index is 13.2. The van der Waals surface area contributed by atoms with Gasteiger partial charge in [0.15, 0.2) is 9.84 Å². The van der Waals surface area contributed by atoms with Gasteiger partial charge in [-0.1, -0.05) is 23.7 Å². The van der Waals surface area contributed by atoms with E-state index in [1.807, 2.05) is 49.5 Å². The Morgan fingerprint density at radius 3 is 2.28 bits per heavy atom. The number of benzene rings is 2. The molecule has 1 aliphatic carbocycles. The van der Waals surface area contributed by atoms with Gasteiger partial charge in [-0.25, -0.2) is 8.42 Å². The molecular formula is C28H35ClN2O4S. The number of halogens is 1. The van der Waals surface area contributed by atoms with E-state index in [4.69, 9.17) is 16.3 Å². The zero-order valence-electron chi connectivity index (χ0n) is 21.3. The molecule has 194 valence electrons. The molecule has 0 radical (unpaired) electrons. The number of nitrogens with zero attached hydrogens (tertiary/aromatic N) is 2. The van der Waals surface area contributed by atoms with E-state index in [-0.39, 0.29) is 11.2 Å². The second kappa shape index (κ2) is 9.34. The van der Waals surface area contributed by atoms with Crippen LogP contribution in [0.2, 0.25) is 5.02 Å². The number of carbonyl (C=O) groups excluding carboxylic acids is 1. The molecule has 1 spiro atoms. The Morgan fingerprint density at radius 2 is 1.69 bits per heavy atom. The third-order valence-electron chi connectivity index (χ3n) is 8.64. The fourth-order valence-electron chi connectivity index (χ4n) is 6.21. The zero-order chi connectivity index (χ0) is 25.7. The van der Waals surface area contributed by atoms with Crippen LogP contribution >= 0.6 is 11.6 Å². The van der Waals surface area contributed by atoms with Gasteiger partial charge in [-0.2, -0.15) is 0 Å². The second-order valence-corrected chi connectivity index (χ2v) is 14.0. The van der Waals surface area contributed by atoms with E-state index in [0.29, 0.717) is 24.5 Å². The minimum Gasteiger partial charge on any atom is -0.492 e. The number of carbonyl (C=O) groups is 1. The summed E-state index contributed by atoms with van der Waals surface area (Å²) in [4.78, 5) is 17.3. The minimum atomic E-state index is -3.22. The third-order valence-corrected chi connectivity index (χ3v) is 11.9. The largest absolute Gasteiger partial charge is 0.492 e. The Morgan fingerprint density at radius 1 is 1.03 bits per heavy atom. The van der Waals surface area contributed by atoms with E-state index in [0.717, 1.165) is 61.5 Å². The van der Waals surface area contributed by atoms with Gasteiger partial charge in [0.05, 0.1) is 15.4 Å². The summed E-state index contributed by atoms with van der Waals surface area (Å²) in [6, 6.07) is 13.4. The van der Waals surface area contributed by atoms with Crippen LogP contribution in [0.5, 0.6) is 5.75 Å². The summed E-state index contributed by atoms with van der Waals surface area (Å²) in [5, 5.41) is 0.283. The minimum absolute atomic E-state index is 0.166. The third kappa shape index (κ3) is 3.95. The van der Waals surface area contributed by atoms with Crippen molar-refractivity contribution in [3.8, 4) is 5.75 Å². The number of hydrogen-bond donors (Lipinski definition) is 0. The molecule has 2 aliphatic heterocycles. The summed E-state index contributed by atoms with van der Waals surface area (Å²) in [7, 11) is -1.37. The highest BCUT2D eigenvalue weighted by molar-refractivity contribution is 7.93. The molecule has 0 N–H and O–H groups in total. The predicted octanol–water partition coefficient (Wildman–Crippen LogP) is 4.93. The molecule has 0 aromatic heterocycles. The summed E-state index contributed by atoms with van der Waals surface area (Å²) in [6.45, 7) is 6.50. The van der Waals surface area contributed by atoms with E-state index >= 15 is 0 Å². The van der Waals surface area contributed by atoms with Crippen molar-refractivity contribution in [1.82, 2.24) is 4.90 Å². The van der Waals surface area contributed by atoms with Crippen molar-refractivity contribution in [3.63, 3.8) is 0 Å². The van der Waals surface area contributed by atoms with E-state index in [1.54, 1.807) is 18.7 Å². The second-order valence-electron chi connectivity index (χ2n) is 10.8. The Balaban J connectivity index is 1.17. The molecule has 1 amide bonds. The molecule has 5 rings (SSSR count). The van der Waals surface area contributed by atoms with Crippen molar-refractivity contribution >= 4 is 33.0 Å². The van der Waals surface area contributed by atoms with Crippen molar-refractivity contribution in [2.75, 3.05) is 38.2 Å². The van der Waals surface area contributed by atoms with Gasteiger partial charge in [-0.3, -0.25) is 9.69 Å². The molecule has 2 aromatic carbocycles. The molecule has 2 fully saturated rings. The van der Waals surface area contributed by atoms with E-state index < -0.39 is 20.0 Å². The molecule has 6 nitrogen and oxygen atoms in total. The summed E-state index contributed by atoms with van der Waals surface area (Å²) >= 11 is 6.27. The number of hydrogen-bond acceptors (Lipinski definition) is 5. The summed E-state index contributed by atoms with van der Waals surface area (Å²) in [5.74, 6) is 0.916. The lowest BCUT2D eigenvalue weighted by molar-refractivity contribution is -0.124. The molecule has 36 heavy (non-hydrogen) atoms. The molecule has 3 aliphatic rings. The SMILES string of the molecule is CC(C)S(=O)(=O)C1(c2ccc(OCCN3CCC4(CC3)C(=O)N(C)c3ccc(Cl)cc34)cc2)CCC1. The average molecular weight is 531 g/mol. The van der Waals surface area contributed by atoms with Gasteiger partial charge in [0, 0.05) is 24.3 Å². The first kappa shape index (κ1) is 25.6. The smallest absolute Gasteiger partial charge is 0.237 e. The van der Waals surface area contributed by atoms with Crippen molar-refractivity contribution in [2.45, 2.75) is 61.4 Å². The van der Waals surface area contributed by atoms with Gasteiger partial charge in [0.25, 0.3) is 0 Å². The van der Waals surface area contributed by atoms with Crippen molar-refractivity contribution in [3.05, 3.63) is 58.6 Å². The Bertz CT molecular complexity index is 1250. The molecule has 2 aromatic rings. The van der Waals surface area contributed by atoms with Crippen LogP contribution in [0.1, 0.15) is 57.1 Å². The molecule has 8 heteroatoms. The highest BCUT2D eigenvalue weighted by atomic mass is 35.5. The number of ether oxygens (including phenoxy) is 1. The number of anilines is 1. The number of rotatable bonds is 7. The molecule has 0 bridgehead atoms. The van der Waals surface area contributed by atoms with Gasteiger partial charge >= 0.3 is 0 Å². The molecule has 0 atom stereocenters. The summed E-state index contributed by atoms with van der Waals surface area (Å²) in [6.07, 6.45) is 3.87. The molecule has 1 saturated heterocycles. The first-order chi connectivity index (χ1) is 17.1. The molecule has 2 heterocycles. The molecular weight excluding hydrogens is 496 g/mol. The van der Waals surface area contributed by atoms with Crippen LogP contribution in [0, 0.1) is 0 Å². The lowest BCUT2D eigenvalue weighted by Crippen LogP contribution is -2.48. The molecule has 1 saturated carbocycles. The van der Waals surface area contributed by atoms with Crippen LogP contribution in [0.4, 0.5) is 5.69 Å². The van der Waals surface area contributed by atoms with Gasteiger partial charge in [0.1, 0.15) is 12.4 Å². The van der Waals surface area contributed by atoms with E-state index in [1.165, 1.54) is 0 Å². The van der Waals surface area contributed by atoms with Crippen LogP contribution in [0.3, 0.4) is 0 Å². The standard InChI is InChI=1S/C28H35ClN2O4S/c1-20(2)36(33,34)28(11-4-12-28)21-5-8-23(9-6-21)35-18-17-31-15-13-27(14-16-31)24-19-22(29)7-10-25(24)30(3)26(27)32/h5-10,19-20H,4,11-18H2,1-3H3. The Kier molecular flexibility index (Phi) is 6.63. The fraction of sp³-hybridized carbons (Fsp3) is 0.536. The van der Waals surface area contributed by atoms with Crippen LogP contribution in [-0.2, 0) is 24.8 Å². The summed E-state index contributed by atoms with van der Waals surface area (Å²) < 4.78 is 31.3. The monoisotopic (exact) mass is 530 g/mol. The van der Waals surface area contributed by atoms with Gasteiger partial charge in [-0.05, 0) is 100 Å². The molecule has 0 unspecified atom stereocenters. The maximum atomic E-state index is 13.2. The van der Waals surface area contributed by atoms with Crippen LogP contribution in [0.15, 0.2) is 42.5 Å². The maximum Gasteiger partial charge on any atom is 0.237 e. The fourth-order valence-corrected chi connectivity index (χ4v) is 8.60. The Labute approximate surface area is 219 Å². The summed E-state index contributed by atoms with van der Waals surface area (Å²) in [5.41, 5.74) is 2.43. The van der Waals surface area contributed by atoms with Gasteiger partial charge in [-0.15, -0.1) is 0 Å². The number of sulfone groups is 1. The van der Waals surface area contributed by atoms with Crippen molar-refractivity contribution in [2.24, 2.45) is 0 Å². The van der Waals surface area contributed by atoms with Crippen molar-refractivity contribution < 1.29 is 17.9 Å². The van der Waals surface area contributed by atoms with Crippen molar-refractivity contribution in [1.29, 1.82) is 0 Å². The topological polar surface area (TPSA) is 66.9 Å². The van der Waals surface area contributed by atoms with E-state index in [2.05, 4.69) is 4.90 Å². The number of fused-ring (bicyclic) bond motifs is 2. The van der Waals surface area contributed by atoms with Gasteiger partial charge in [0.2, 0.25) is 5.91 Å². The van der Waals surface area contributed by atoms with E-state index in [9.17, 15) is 13.2 Å². The number of piperidine rings is 1. The highest BCUT2D eigenvalue weighted by Crippen LogP contribution is 2.50. The first-order valence-corrected chi connectivity index (χ1v) is 14.8. The number of amides is 1. The lowest BCUT2D eigenvalue weighted by atomic mass is 9.73. The number of likely N-dealkylation sites (N-methyl/N-ethyl adjacent to an activating group) is 1. The van der Waals surface area contributed by atoms with Crippen LogP contribution in [-0.4, -0.2) is 57.8 Å². The zero-order valence-corrected chi connectivity index (χ0v) is 22.9. The lowest BCUT2D eigenvalue weighted by Gasteiger charge is -2.42. The number of likely N-dealkylation sites (tertiary alicyclic amines) is 1. The Hall–Kier alpha value is -2.09. The normalized spacial score (nSPS) is 21.0. The van der Waals surface area contributed by atoms with Gasteiger partial charge < -0.3 is 9.64 Å². The predicted molar refractivity (Wildman–Crippen MR) is 144 cm³/mol. The van der Waals surface area contributed by atoms with Crippen LogP contribution < -0.4 is 9.64 Å². The first-order valence-electron chi connectivity index (χ1n) is 12.9. The quantitative estimate of drug-likeness (QED) is 0.507.